The molecule has 0 aromatic carbocycles. The first kappa shape index (κ1) is 10.2. The second-order valence-electron chi connectivity index (χ2n) is 2.92. The Labute approximate surface area is 90.5 Å². The fourth-order valence-electron chi connectivity index (χ4n) is 1.06. The van der Waals surface area contributed by atoms with E-state index in [1.807, 2.05) is 0 Å². The zero-order valence-electron chi connectivity index (χ0n) is 8.16. The van der Waals surface area contributed by atoms with E-state index in [-0.39, 0.29) is 18.2 Å². The van der Waals surface area contributed by atoms with Gasteiger partial charge in [-0.2, -0.15) is 0 Å². The molecule has 0 amide bonds. The minimum atomic E-state index is -1.14. The van der Waals surface area contributed by atoms with Crippen LogP contribution >= 0.6 is 0 Å². The van der Waals surface area contributed by atoms with Gasteiger partial charge in [-0.3, -0.25) is 4.98 Å². The molecule has 0 aliphatic rings. The molecule has 0 fully saturated rings. The average molecular weight is 220 g/mol. The van der Waals surface area contributed by atoms with E-state index in [2.05, 4.69) is 9.97 Å². The maximum atomic E-state index is 10.6. The number of carbonyl (C=O) groups is 1. The van der Waals surface area contributed by atoms with Crippen LogP contribution in [-0.2, 0) is 6.61 Å². The Bertz CT molecular complexity index is 481. The monoisotopic (exact) mass is 220 g/mol. The van der Waals surface area contributed by atoms with Crippen molar-refractivity contribution >= 4 is 5.97 Å². The van der Waals surface area contributed by atoms with Crippen LogP contribution in [0.15, 0.2) is 35.2 Å². The second-order valence-corrected chi connectivity index (χ2v) is 2.92. The van der Waals surface area contributed by atoms with Crippen molar-refractivity contribution in [2.45, 2.75) is 6.61 Å². The molecule has 6 nitrogen and oxygen atoms in total. The quantitative estimate of drug-likeness (QED) is 0.836. The Hall–Kier alpha value is -2.37. The lowest BCUT2D eigenvalue weighted by atomic mass is 10.4. The molecule has 1 N–H and O–H groups in total. The van der Waals surface area contributed by atoms with E-state index in [1.165, 1.54) is 12.5 Å². The fourth-order valence-corrected chi connectivity index (χ4v) is 1.06. The maximum Gasteiger partial charge on any atom is 0.356 e. The molecule has 2 aromatic heterocycles. The van der Waals surface area contributed by atoms with Gasteiger partial charge in [-0.05, 0) is 12.1 Å². The number of nitrogens with zero attached hydrogens (tertiary/aromatic N) is 2. The number of aromatic nitrogens is 2. The van der Waals surface area contributed by atoms with Gasteiger partial charge in [0.05, 0.1) is 18.7 Å². The molecular formula is C10H8N2O4. The summed E-state index contributed by atoms with van der Waals surface area (Å²) in [5.74, 6) is -0.366. The fraction of sp³-hybridized carbons (Fsp3) is 0.100. The van der Waals surface area contributed by atoms with Crippen molar-refractivity contribution in [3.05, 3.63) is 42.2 Å². The predicted molar refractivity (Wildman–Crippen MR) is 52.0 cm³/mol. The van der Waals surface area contributed by atoms with Crippen molar-refractivity contribution in [3.63, 3.8) is 0 Å². The van der Waals surface area contributed by atoms with Crippen LogP contribution in [-0.4, -0.2) is 21.0 Å². The van der Waals surface area contributed by atoms with Crippen LogP contribution in [0.2, 0.25) is 0 Å². The minimum absolute atomic E-state index is 0.149. The van der Waals surface area contributed by atoms with Crippen LogP contribution in [0.1, 0.15) is 16.2 Å². The third kappa shape index (κ3) is 2.35. The molecule has 2 aromatic rings. The molecule has 0 atom stereocenters. The Morgan fingerprint density at radius 2 is 2.38 bits per heavy atom. The summed E-state index contributed by atoms with van der Waals surface area (Å²) in [5, 5.41) is 8.68. The average Bonchev–Trinajstić information content (AvgIpc) is 2.79. The highest BCUT2D eigenvalue weighted by Gasteiger charge is 2.07. The van der Waals surface area contributed by atoms with E-state index in [9.17, 15) is 4.79 Å². The van der Waals surface area contributed by atoms with Gasteiger partial charge >= 0.3 is 5.97 Å². The lowest BCUT2D eigenvalue weighted by Gasteiger charge is -2.02. The largest absolute Gasteiger partial charge is 0.476 e. The zero-order chi connectivity index (χ0) is 11.4. The van der Waals surface area contributed by atoms with E-state index in [0.29, 0.717) is 5.76 Å². The van der Waals surface area contributed by atoms with Crippen molar-refractivity contribution in [1.82, 2.24) is 9.97 Å². The van der Waals surface area contributed by atoms with Crippen LogP contribution < -0.4 is 4.74 Å². The minimum Gasteiger partial charge on any atom is -0.476 e. The normalized spacial score (nSPS) is 10.0. The van der Waals surface area contributed by atoms with Crippen molar-refractivity contribution in [3.8, 4) is 5.88 Å². The number of ether oxygens (including phenoxy) is 1. The molecule has 6 heteroatoms. The Balaban J connectivity index is 2.04. The summed E-state index contributed by atoms with van der Waals surface area (Å²) in [7, 11) is 0. The highest BCUT2D eigenvalue weighted by Crippen LogP contribution is 2.09. The standard InChI is InChI=1S/C10H8N2O4/c13-10(14)8-4-11-5-9(12-8)16-6-7-2-1-3-15-7/h1-5H,6H2,(H,13,14). The molecule has 0 radical (unpaired) electrons. The molecule has 2 heterocycles. The van der Waals surface area contributed by atoms with Gasteiger partial charge in [0.25, 0.3) is 0 Å². The Morgan fingerprint density at radius 3 is 3.06 bits per heavy atom. The van der Waals surface area contributed by atoms with E-state index < -0.39 is 5.97 Å². The number of furan rings is 1. The van der Waals surface area contributed by atoms with Crippen molar-refractivity contribution in [2.75, 3.05) is 0 Å². The molecule has 0 saturated carbocycles. The molecule has 82 valence electrons. The highest BCUT2D eigenvalue weighted by molar-refractivity contribution is 5.84. The van der Waals surface area contributed by atoms with Gasteiger partial charge < -0.3 is 14.3 Å². The summed E-state index contributed by atoms with van der Waals surface area (Å²) in [6, 6.07) is 3.48. The SMILES string of the molecule is O=C(O)c1cncc(OCc2ccco2)n1. The van der Waals surface area contributed by atoms with Gasteiger partial charge in [0, 0.05) is 0 Å². The van der Waals surface area contributed by atoms with E-state index >= 15 is 0 Å². The summed E-state index contributed by atoms with van der Waals surface area (Å²) in [5.41, 5.74) is -0.156. The second kappa shape index (κ2) is 4.43. The molecule has 2 rings (SSSR count). The summed E-state index contributed by atoms with van der Waals surface area (Å²) >= 11 is 0. The number of hydrogen-bond acceptors (Lipinski definition) is 5. The van der Waals surface area contributed by atoms with Crippen LogP contribution in [0.5, 0.6) is 5.88 Å². The van der Waals surface area contributed by atoms with Gasteiger partial charge in [0.1, 0.15) is 12.4 Å². The van der Waals surface area contributed by atoms with E-state index in [4.69, 9.17) is 14.3 Å². The lowest BCUT2D eigenvalue weighted by molar-refractivity contribution is 0.0688. The molecule has 0 bridgehead atoms. The molecule has 0 unspecified atom stereocenters. The number of carboxylic acid groups (broad SMARTS) is 1. The van der Waals surface area contributed by atoms with Crippen molar-refractivity contribution in [1.29, 1.82) is 0 Å². The Kier molecular flexibility index (Phi) is 2.81. The number of carboxylic acids is 1. The highest BCUT2D eigenvalue weighted by atomic mass is 16.5. The number of hydrogen-bond donors (Lipinski definition) is 1. The predicted octanol–water partition coefficient (Wildman–Crippen LogP) is 1.35. The van der Waals surface area contributed by atoms with Gasteiger partial charge in [-0.25, -0.2) is 9.78 Å². The molecule has 0 aliphatic carbocycles. The third-order valence-electron chi connectivity index (χ3n) is 1.77. The lowest BCUT2D eigenvalue weighted by Crippen LogP contribution is -2.04. The Morgan fingerprint density at radius 1 is 1.50 bits per heavy atom. The first-order valence-electron chi connectivity index (χ1n) is 4.46. The summed E-state index contributed by atoms with van der Waals surface area (Å²) < 4.78 is 10.3. The van der Waals surface area contributed by atoms with Crippen LogP contribution in [0.4, 0.5) is 0 Å². The summed E-state index contributed by atoms with van der Waals surface area (Å²) in [6.07, 6.45) is 4.02. The summed E-state index contributed by atoms with van der Waals surface area (Å²) in [4.78, 5) is 18.1. The summed E-state index contributed by atoms with van der Waals surface area (Å²) in [6.45, 7) is 0.185. The van der Waals surface area contributed by atoms with Crippen LogP contribution in [0.3, 0.4) is 0 Å². The number of rotatable bonds is 4. The first-order chi connectivity index (χ1) is 7.75. The van der Waals surface area contributed by atoms with Gasteiger partial charge in [-0.1, -0.05) is 0 Å². The molecule has 16 heavy (non-hydrogen) atoms. The van der Waals surface area contributed by atoms with Gasteiger partial charge in [-0.15, -0.1) is 0 Å². The van der Waals surface area contributed by atoms with E-state index in [0.717, 1.165) is 6.20 Å². The molecular weight excluding hydrogens is 212 g/mol. The van der Waals surface area contributed by atoms with Crippen LogP contribution in [0, 0.1) is 0 Å². The van der Waals surface area contributed by atoms with E-state index in [1.54, 1.807) is 12.1 Å². The molecule has 0 saturated heterocycles. The topological polar surface area (TPSA) is 85.5 Å². The molecule has 0 spiro atoms. The van der Waals surface area contributed by atoms with Crippen molar-refractivity contribution < 1.29 is 19.1 Å². The smallest absolute Gasteiger partial charge is 0.356 e. The third-order valence-corrected chi connectivity index (χ3v) is 1.77. The first-order valence-corrected chi connectivity index (χ1v) is 4.46. The number of aromatic carboxylic acids is 1. The van der Waals surface area contributed by atoms with Crippen LogP contribution in [0.25, 0.3) is 0 Å². The molecule has 0 aliphatic heterocycles. The van der Waals surface area contributed by atoms with Gasteiger partial charge in [0.15, 0.2) is 5.69 Å². The van der Waals surface area contributed by atoms with Crippen molar-refractivity contribution in [2.24, 2.45) is 0 Å². The van der Waals surface area contributed by atoms with Gasteiger partial charge in [0.2, 0.25) is 5.88 Å². The zero-order valence-corrected chi connectivity index (χ0v) is 8.16. The maximum absolute atomic E-state index is 10.6.